The summed E-state index contributed by atoms with van der Waals surface area (Å²) in [5.74, 6) is -3.85. The molecule has 0 spiro atoms. The number of alkyl halides is 3. The molecule has 9 nitrogen and oxygen atoms in total. The number of nitrogens with one attached hydrogen (secondary N) is 3. The van der Waals surface area contributed by atoms with E-state index in [1.54, 1.807) is 35.2 Å². The van der Waals surface area contributed by atoms with Gasteiger partial charge in [-0.3, -0.25) is 24.8 Å². The lowest BCUT2D eigenvalue weighted by Gasteiger charge is -2.35. The van der Waals surface area contributed by atoms with Crippen LogP contribution in [0.2, 0.25) is 0 Å². The van der Waals surface area contributed by atoms with Crippen molar-refractivity contribution in [1.82, 2.24) is 20.5 Å². The first kappa shape index (κ1) is 23.9. The predicted molar refractivity (Wildman–Crippen MR) is 110 cm³/mol. The molecule has 12 heteroatoms. The van der Waals surface area contributed by atoms with Crippen LogP contribution in [-0.4, -0.2) is 72.0 Å². The van der Waals surface area contributed by atoms with Crippen LogP contribution in [0.5, 0.6) is 0 Å². The van der Waals surface area contributed by atoms with Gasteiger partial charge in [0.1, 0.15) is 5.69 Å². The van der Waals surface area contributed by atoms with E-state index in [9.17, 15) is 27.6 Å². The Hall–Kier alpha value is -3.80. The van der Waals surface area contributed by atoms with Crippen LogP contribution in [0.15, 0.2) is 48.7 Å². The second kappa shape index (κ2) is 10.2. The van der Waals surface area contributed by atoms with E-state index in [2.05, 4.69) is 10.3 Å². The number of nitrogens with zero attached hydrogens (tertiary/aromatic N) is 2. The number of amides is 3. The molecule has 3 amide bonds. The molecule has 0 bridgehead atoms. The van der Waals surface area contributed by atoms with Crippen molar-refractivity contribution in [3.8, 4) is 0 Å². The Balaban J connectivity index is 1.59. The van der Waals surface area contributed by atoms with Crippen LogP contribution < -0.4 is 10.6 Å². The van der Waals surface area contributed by atoms with Crippen LogP contribution in [-0.2, 0) is 9.53 Å². The summed E-state index contributed by atoms with van der Waals surface area (Å²) in [6.45, 7) is 1.10. The Morgan fingerprint density at radius 3 is 2.48 bits per heavy atom. The Morgan fingerprint density at radius 2 is 1.85 bits per heavy atom. The van der Waals surface area contributed by atoms with Gasteiger partial charge in [0.2, 0.25) is 0 Å². The van der Waals surface area contributed by atoms with Crippen LogP contribution >= 0.6 is 0 Å². The van der Waals surface area contributed by atoms with E-state index in [1.807, 2.05) is 0 Å². The van der Waals surface area contributed by atoms with Crippen molar-refractivity contribution in [2.45, 2.75) is 12.2 Å². The lowest BCUT2D eigenvalue weighted by molar-refractivity contribution is -0.171. The second-order valence-electron chi connectivity index (χ2n) is 7.06. The predicted octanol–water partition coefficient (Wildman–Crippen LogP) is 1.36. The summed E-state index contributed by atoms with van der Waals surface area (Å²) in [4.78, 5) is 41.6. The maximum atomic E-state index is 12.8. The molecular formula is C21H20F3N5O4. The highest BCUT2D eigenvalue weighted by molar-refractivity contribution is 6.06. The van der Waals surface area contributed by atoms with Gasteiger partial charge in [-0.15, -0.1) is 0 Å². The highest BCUT2D eigenvalue weighted by atomic mass is 19.4. The van der Waals surface area contributed by atoms with E-state index in [0.29, 0.717) is 18.7 Å². The molecular weight excluding hydrogens is 443 g/mol. The number of hydrogen-bond acceptors (Lipinski definition) is 6. The van der Waals surface area contributed by atoms with Crippen molar-refractivity contribution in [3.05, 3.63) is 65.5 Å². The minimum Gasteiger partial charge on any atom is -0.377 e. The maximum absolute atomic E-state index is 12.8. The maximum Gasteiger partial charge on any atom is 0.471 e. The van der Waals surface area contributed by atoms with Gasteiger partial charge < -0.3 is 20.3 Å². The number of amidine groups is 1. The topological polar surface area (TPSA) is 124 Å². The fourth-order valence-corrected chi connectivity index (χ4v) is 3.07. The van der Waals surface area contributed by atoms with Gasteiger partial charge in [-0.25, -0.2) is 0 Å². The monoisotopic (exact) mass is 463 g/mol. The Labute approximate surface area is 186 Å². The van der Waals surface area contributed by atoms with Crippen molar-refractivity contribution < 1.29 is 32.3 Å². The van der Waals surface area contributed by atoms with E-state index in [-0.39, 0.29) is 30.3 Å². The van der Waals surface area contributed by atoms with Gasteiger partial charge in [0.15, 0.2) is 5.84 Å². The molecule has 2 heterocycles. The third kappa shape index (κ3) is 6.13. The van der Waals surface area contributed by atoms with E-state index < -0.39 is 29.9 Å². The third-order valence-electron chi connectivity index (χ3n) is 4.79. The molecule has 1 aromatic carbocycles. The Bertz CT molecular complexity index is 1030. The SMILES string of the molecule is N=C(NC(=O)C(F)(F)F)c1ccc(C(=O)NCC2COCCN2C(=O)c2ccccc2)cn1. The van der Waals surface area contributed by atoms with Gasteiger partial charge in [0, 0.05) is 24.8 Å². The zero-order valence-corrected chi connectivity index (χ0v) is 17.2. The summed E-state index contributed by atoms with van der Waals surface area (Å²) in [5.41, 5.74) is 0.367. The van der Waals surface area contributed by atoms with Gasteiger partial charge in [-0.2, -0.15) is 13.2 Å². The molecule has 3 N–H and O–H groups in total. The first-order chi connectivity index (χ1) is 15.7. The number of aromatic nitrogens is 1. The molecule has 1 unspecified atom stereocenters. The lowest BCUT2D eigenvalue weighted by Crippen LogP contribution is -2.53. The number of benzene rings is 1. The number of halogens is 3. The van der Waals surface area contributed by atoms with Crippen LogP contribution in [0.3, 0.4) is 0 Å². The van der Waals surface area contributed by atoms with Crippen LogP contribution in [0, 0.1) is 5.41 Å². The molecule has 174 valence electrons. The molecule has 1 saturated heterocycles. The van der Waals surface area contributed by atoms with Crippen molar-refractivity contribution in [2.24, 2.45) is 0 Å². The van der Waals surface area contributed by atoms with Gasteiger partial charge in [0.25, 0.3) is 11.8 Å². The van der Waals surface area contributed by atoms with Crippen molar-refractivity contribution in [3.63, 3.8) is 0 Å². The molecule has 1 aliphatic rings. The molecule has 1 fully saturated rings. The zero-order chi connectivity index (χ0) is 24.0. The molecule has 1 atom stereocenters. The number of hydrogen-bond donors (Lipinski definition) is 3. The van der Waals surface area contributed by atoms with E-state index in [4.69, 9.17) is 10.1 Å². The fourth-order valence-electron chi connectivity index (χ4n) is 3.07. The summed E-state index contributed by atoms with van der Waals surface area (Å²) in [7, 11) is 0. The van der Waals surface area contributed by atoms with Crippen molar-refractivity contribution in [2.75, 3.05) is 26.3 Å². The largest absolute Gasteiger partial charge is 0.471 e. The molecule has 3 rings (SSSR count). The average Bonchev–Trinajstić information content (AvgIpc) is 2.82. The molecule has 0 aliphatic carbocycles. The number of pyridine rings is 1. The zero-order valence-electron chi connectivity index (χ0n) is 17.2. The summed E-state index contributed by atoms with van der Waals surface area (Å²) < 4.78 is 42.3. The summed E-state index contributed by atoms with van der Waals surface area (Å²) in [5, 5.41) is 11.6. The highest BCUT2D eigenvalue weighted by Gasteiger charge is 2.39. The van der Waals surface area contributed by atoms with E-state index >= 15 is 0 Å². The van der Waals surface area contributed by atoms with E-state index in [1.165, 1.54) is 11.4 Å². The molecule has 33 heavy (non-hydrogen) atoms. The molecule has 2 aromatic rings. The third-order valence-corrected chi connectivity index (χ3v) is 4.79. The summed E-state index contributed by atoms with van der Waals surface area (Å²) in [6.07, 6.45) is -4.06. The molecule has 1 aliphatic heterocycles. The van der Waals surface area contributed by atoms with Gasteiger partial charge in [-0.1, -0.05) is 18.2 Å². The molecule has 0 saturated carbocycles. The van der Waals surface area contributed by atoms with Gasteiger partial charge in [-0.05, 0) is 24.3 Å². The number of ether oxygens (including phenoxy) is 1. The van der Waals surface area contributed by atoms with Crippen molar-refractivity contribution in [1.29, 1.82) is 5.41 Å². The summed E-state index contributed by atoms with van der Waals surface area (Å²) in [6, 6.07) is 10.7. The van der Waals surface area contributed by atoms with Gasteiger partial charge >= 0.3 is 12.1 Å². The fraction of sp³-hybridized carbons (Fsp3) is 0.286. The molecule has 1 aromatic heterocycles. The minimum absolute atomic E-state index is 0.0892. The number of carbonyl (C=O) groups is 3. The first-order valence-electron chi connectivity index (χ1n) is 9.82. The number of morpholine rings is 1. The van der Waals surface area contributed by atoms with Crippen LogP contribution in [0.25, 0.3) is 0 Å². The first-order valence-corrected chi connectivity index (χ1v) is 9.82. The highest BCUT2D eigenvalue weighted by Crippen LogP contribution is 2.15. The second-order valence-corrected chi connectivity index (χ2v) is 7.06. The normalized spacial score (nSPS) is 16.1. The average molecular weight is 463 g/mol. The minimum atomic E-state index is -5.13. The number of carbonyl (C=O) groups excluding carboxylic acids is 3. The van der Waals surface area contributed by atoms with Crippen molar-refractivity contribution >= 4 is 23.6 Å². The standard InChI is InChI=1S/C21H20F3N5O4/c22-21(23,24)20(32)28-17(25)16-7-6-14(10-26-16)18(30)27-11-15-12-33-9-8-29(15)19(31)13-4-2-1-3-5-13/h1-7,10,15H,8-9,11-12H2,(H,27,30)(H2,25,28,32). The lowest BCUT2D eigenvalue weighted by atomic mass is 10.1. The van der Waals surface area contributed by atoms with Gasteiger partial charge in [0.05, 0.1) is 24.8 Å². The Kier molecular flexibility index (Phi) is 7.38. The number of rotatable bonds is 5. The molecule has 0 radical (unpaired) electrons. The Morgan fingerprint density at radius 1 is 1.12 bits per heavy atom. The van der Waals surface area contributed by atoms with E-state index in [0.717, 1.165) is 12.3 Å². The van der Waals surface area contributed by atoms with Crippen LogP contribution in [0.4, 0.5) is 13.2 Å². The smallest absolute Gasteiger partial charge is 0.377 e. The quantitative estimate of drug-likeness (QED) is 0.456. The van der Waals surface area contributed by atoms with Crippen LogP contribution in [0.1, 0.15) is 26.4 Å². The summed E-state index contributed by atoms with van der Waals surface area (Å²) >= 11 is 0.